The van der Waals surface area contributed by atoms with Gasteiger partial charge < -0.3 is 0 Å². The summed E-state index contributed by atoms with van der Waals surface area (Å²) in [5.74, 6) is 0.00841. The molecule has 0 aliphatic carbocycles. The van der Waals surface area contributed by atoms with Gasteiger partial charge in [0.05, 0.1) is 16.1 Å². The highest BCUT2D eigenvalue weighted by molar-refractivity contribution is 7.80. The second kappa shape index (κ2) is 7.77. The third-order valence-corrected chi connectivity index (χ3v) is 9.64. The monoisotopic (exact) mass is 473 g/mol. The molecule has 5 heteroatoms. The van der Waals surface area contributed by atoms with Crippen molar-refractivity contribution in [2.75, 3.05) is 4.90 Å². The number of benzene rings is 3. The lowest BCUT2D eigenvalue weighted by Gasteiger charge is -2.43. The highest BCUT2D eigenvalue weighted by Gasteiger charge is 2.43. The van der Waals surface area contributed by atoms with Gasteiger partial charge in [0.15, 0.2) is 0 Å². The van der Waals surface area contributed by atoms with Crippen LogP contribution in [0.3, 0.4) is 0 Å². The van der Waals surface area contributed by atoms with E-state index in [1.807, 2.05) is 47.4 Å². The van der Waals surface area contributed by atoms with Gasteiger partial charge in [-0.2, -0.15) is 0 Å². The maximum absolute atomic E-state index is 13.9. The number of anilines is 1. The standard InChI is InChI=1S/C27H23NOS3/c1-16-14-21-22(15-17(16)2)28(27(3,4)24-23(21)26(30)32-31-24)25(29)20-12-10-19(11-13-20)18-8-6-5-7-9-18/h5-15H,1-4H3. The fourth-order valence-corrected chi connectivity index (χ4v) is 7.69. The Morgan fingerprint density at radius 3 is 2.19 bits per heavy atom. The van der Waals surface area contributed by atoms with Crippen LogP contribution in [-0.4, -0.2) is 5.91 Å². The van der Waals surface area contributed by atoms with E-state index in [-0.39, 0.29) is 5.91 Å². The maximum Gasteiger partial charge on any atom is 0.259 e. The molecule has 2 heterocycles. The minimum atomic E-state index is -0.489. The smallest absolute Gasteiger partial charge is 0.259 e. The van der Waals surface area contributed by atoms with Gasteiger partial charge in [0.2, 0.25) is 0 Å². The van der Waals surface area contributed by atoms with Gasteiger partial charge in [-0.25, -0.2) is 0 Å². The quantitative estimate of drug-likeness (QED) is 0.215. The van der Waals surface area contributed by atoms with Crippen molar-refractivity contribution >= 4 is 44.5 Å². The topological polar surface area (TPSA) is 20.3 Å². The van der Waals surface area contributed by atoms with E-state index < -0.39 is 5.54 Å². The summed E-state index contributed by atoms with van der Waals surface area (Å²) >= 11 is 5.71. The fourth-order valence-electron chi connectivity index (χ4n) is 4.41. The van der Waals surface area contributed by atoms with E-state index in [2.05, 4.69) is 52.0 Å². The van der Waals surface area contributed by atoms with Gasteiger partial charge in [0.1, 0.15) is 3.82 Å². The number of rotatable bonds is 2. The normalized spacial score (nSPS) is 14.1. The maximum atomic E-state index is 13.9. The van der Waals surface area contributed by atoms with Crippen LogP contribution in [-0.2, 0) is 5.54 Å². The molecule has 0 N–H and O–H groups in total. The average Bonchev–Trinajstić information content (AvgIpc) is 3.18. The summed E-state index contributed by atoms with van der Waals surface area (Å²) in [6, 6.07) is 22.5. The Labute approximate surface area is 201 Å². The van der Waals surface area contributed by atoms with Gasteiger partial charge in [-0.3, -0.25) is 9.69 Å². The lowest BCUT2D eigenvalue weighted by Crippen LogP contribution is -2.47. The zero-order chi connectivity index (χ0) is 22.6. The van der Waals surface area contributed by atoms with Crippen molar-refractivity contribution < 1.29 is 4.79 Å². The first-order valence-electron chi connectivity index (χ1n) is 10.5. The van der Waals surface area contributed by atoms with Gasteiger partial charge in [-0.15, -0.1) is 0 Å². The van der Waals surface area contributed by atoms with Crippen LogP contribution in [0.5, 0.6) is 0 Å². The molecule has 0 atom stereocenters. The lowest BCUT2D eigenvalue weighted by molar-refractivity contribution is 0.0961. The van der Waals surface area contributed by atoms with Crippen molar-refractivity contribution in [2.24, 2.45) is 0 Å². The number of amides is 1. The van der Waals surface area contributed by atoms with Crippen molar-refractivity contribution in [1.82, 2.24) is 0 Å². The third-order valence-electron chi connectivity index (χ3n) is 6.31. The number of carbonyl (C=O) groups excluding carboxylic acids is 1. The summed E-state index contributed by atoms with van der Waals surface area (Å²) in [4.78, 5) is 17.1. The molecule has 0 fully saturated rings. The largest absolute Gasteiger partial charge is 0.297 e. The number of hydrogen-bond acceptors (Lipinski definition) is 4. The van der Waals surface area contributed by atoms with E-state index in [9.17, 15) is 4.79 Å². The van der Waals surface area contributed by atoms with Crippen LogP contribution in [0.4, 0.5) is 5.69 Å². The van der Waals surface area contributed by atoms with E-state index in [1.165, 1.54) is 11.1 Å². The van der Waals surface area contributed by atoms with Crippen molar-refractivity contribution in [2.45, 2.75) is 33.2 Å². The molecular weight excluding hydrogens is 451 g/mol. The van der Waals surface area contributed by atoms with Gasteiger partial charge >= 0.3 is 0 Å². The Morgan fingerprint density at radius 1 is 0.875 bits per heavy atom. The summed E-state index contributed by atoms with van der Waals surface area (Å²) in [5, 5.41) is 0. The summed E-state index contributed by atoms with van der Waals surface area (Å²) in [6.07, 6.45) is 0. The van der Waals surface area contributed by atoms with Crippen LogP contribution < -0.4 is 4.90 Å². The van der Waals surface area contributed by atoms with E-state index >= 15 is 0 Å². The van der Waals surface area contributed by atoms with E-state index in [4.69, 9.17) is 12.2 Å². The first-order valence-corrected chi connectivity index (χ1v) is 13.1. The molecule has 1 aliphatic rings. The number of aryl methyl sites for hydroxylation is 2. The van der Waals surface area contributed by atoms with Crippen LogP contribution in [0.25, 0.3) is 22.3 Å². The van der Waals surface area contributed by atoms with Gasteiger partial charge in [0, 0.05) is 16.7 Å². The van der Waals surface area contributed by atoms with Crippen molar-refractivity contribution in [3.05, 3.63) is 92.1 Å². The molecule has 0 unspecified atom stereocenters. The van der Waals surface area contributed by atoms with E-state index in [0.29, 0.717) is 5.56 Å². The molecule has 160 valence electrons. The van der Waals surface area contributed by atoms with Crippen LogP contribution in [0.15, 0.2) is 66.7 Å². The second-order valence-corrected chi connectivity index (χ2v) is 11.6. The SMILES string of the molecule is Cc1cc2c(cc1C)N(C(=O)c1ccc(-c3ccccc3)cc1)C(C)(C)c1ssc(=S)c1-2. The Bertz CT molecular complexity index is 1400. The van der Waals surface area contributed by atoms with Crippen LogP contribution in [0, 0.1) is 17.7 Å². The van der Waals surface area contributed by atoms with Gasteiger partial charge in [-0.05, 0) is 74.2 Å². The highest BCUT2D eigenvalue weighted by atomic mass is 32.9. The van der Waals surface area contributed by atoms with E-state index in [1.54, 1.807) is 20.7 Å². The van der Waals surface area contributed by atoms with Crippen molar-refractivity contribution in [3.8, 4) is 22.3 Å². The molecule has 4 aromatic rings. The van der Waals surface area contributed by atoms with Crippen molar-refractivity contribution in [3.63, 3.8) is 0 Å². The summed E-state index contributed by atoms with van der Waals surface area (Å²) in [7, 11) is 3.32. The van der Waals surface area contributed by atoms with Crippen LogP contribution >= 0.6 is 32.9 Å². The predicted octanol–water partition coefficient (Wildman–Crippen LogP) is 8.39. The fraction of sp³-hybridized carbons (Fsp3) is 0.185. The van der Waals surface area contributed by atoms with Gasteiger partial charge in [0.25, 0.3) is 5.91 Å². The Morgan fingerprint density at radius 2 is 1.50 bits per heavy atom. The average molecular weight is 474 g/mol. The third kappa shape index (κ3) is 3.27. The number of nitrogens with zero attached hydrogens (tertiary/aromatic N) is 1. The number of fused-ring (bicyclic) bond motifs is 3. The summed E-state index contributed by atoms with van der Waals surface area (Å²) in [5.41, 5.74) is 7.96. The predicted molar refractivity (Wildman–Crippen MR) is 140 cm³/mol. The molecule has 32 heavy (non-hydrogen) atoms. The zero-order valence-corrected chi connectivity index (χ0v) is 20.9. The molecule has 0 spiro atoms. The van der Waals surface area contributed by atoms with Crippen LogP contribution in [0.1, 0.15) is 40.2 Å². The molecule has 0 radical (unpaired) electrons. The highest BCUT2D eigenvalue weighted by Crippen LogP contribution is 2.53. The summed E-state index contributed by atoms with van der Waals surface area (Å²) in [6.45, 7) is 8.46. The molecule has 5 rings (SSSR count). The number of hydrogen-bond donors (Lipinski definition) is 0. The Balaban J connectivity index is 1.64. The molecule has 2 nitrogen and oxygen atoms in total. The lowest BCUT2D eigenvalue weighted by atomic mass is 9.85. The van der Waals surface area contributed by atoms with Crippen LogP contribution in [0.2, 0.25) is 0 Å². The minimum Gasteiger partial charge on any atom is -0.297 e. The molecule has 1 aromatic heterocycles. The zero-order valence-electron chi connectivity index (χ0n) is 18.4. The Hall–Kier alpha value is -2.60. The van der Waals surface area contributed by atoms with E-state index in [0.717, 1.165) is 36.6 Å². The first kappa shape index (κ1) is 21.3. The van der Waals surface area contributed by atoms with Crippen molar-refractivity contribution in [1.29, 1.82) is 0 Å². The molecule has 1 amide bonds. The second-order valence-electron chi connectivity index (χ2n) is 8.75. The number of carbonyl (C=O) groups is 1. The molecule has 0 bridgehead atoms. The van der Waals surface area contributed by atoms with Gasteiger partial charge in [-0.1, -0.05) is 75.4 Å². The molecule has 0 saturated carbocycles. The molecule has 3 aromatic carbocycles. The Kier molecular flexibility index (Phi) is 5.16. The summed E-state index contributed by atoms with van der Waals surface area (Å²) < 4.78 is 0.905. The minimum absolute atomic E-state index is 0.00841. The molecule has 0 saturated heterocycles. The molecule has 1 aliphatic heterocycles. The molecular formula is C27H23NOS3. The first-order chi connectivity index (χ1) is 15.3.